The largest absolute Gasteiger partial charge is 0.326 e. The van der Waals surface area contributed by atoms with Crippen LogP contribution < -0.4 is 10.0 Å². The third kappa shape index (κ3) is 4.16. The number of carbonyl (C=O) groups excluding carboxylic acids is 1. The van der Waals surface area contributed by atoms with Crippen LogP contribution in [0.4, 0.5) is 5.69 Å². The molecule has 0 saturated heterocycles. The SMILES string of the molecule is CCC(=O)Nc1ccc([C@@H](C)NS(=O)(=O)c2cccs2)cc1. The normalized spacial score (nSPS) is 12.8. The van der Waals surface area contributed by atoms with Crippen LogP contribution >= 0.6 is 11.3 Å². The third-order valence-electron chi connectivity index (χ3n) is 3.11. The Kier molecular flexibility index (Phi) is 5.33. The van der Waals surface area contributed by atoms with Crippen molar-refractivity contribution < 1.29 is 13.2 Å². The average Bonchev–Trinajstić information content (AvgIpc) is 3.02. The molecule has 118 valence electrons. The first kappa shape index (κ1) is 16.7. The van der Waals surface area contributed by atoms with Gasteiger partial charge >= 0.3 is 0 Å². The summed E-state index contributed by atoms with van der Waals surface area (Å²) in [5.74, 6) is -0.0563. The summed E-state index contributed by atoms with van der Waals surface area (Å²) >= 11 is 1.18. The molecule has 1 heterocycles. The first-order valence-corrected chi connectivity index (χ1v) is 9.24. The Bertz CT molecular complexity index is 723. The molecule has 1 atom stereocenters. The van der Waals surface area contributed by atoms with E-state index in [2.05, 4.69) is 10.0 Å². The number of thiophene rings is 1. The predicted molar refractivity (Wildman–Crippen MR) is 88.4 cm³/mol. The fourth-order valence-electron chi connectivity index (χ4n) is 1.88. The van der Waals surface area contributed by atoms with Gasteiger partial charge in [-0.2, -0.15) is 0 Å². The molecule has 0 unspecified atom stereocenters. The third-order valence-corrected chi connectivity index (χ3v) is 6.05. The fourth-order valence-corrected chi connectivity index (χ4v) is 4.12. The summed E-state index contributed by atoms with van der Waals surface area (Å²) in [6.07, 6.45) is 0.415. The highest BCUT2D eigenvalue weighted by Crippen LogP contribution is 2.21. The number of nitrogens with one attached hydrogen (secondary N) is 2. The summed E-state index contributed by atoms with van der Waals surface area (Å²) in [6, 6.07) is 10.0. The number of benzene rings is 1. The van der Waals surface area contributed by atoms with Crippen LogP contribution in [0.25, 0.3) is 0 Å². The van der Waals surface area contributed by atoms with Crippen LogP contribution in [0, 0.1) is 0 Å². The van der Waals surface area contributed by atoms with Crippen molar-refractivity contribution >= 4 is 33.0 Å². The van der Waals surface area contributed by atoms with Gasteiger partial charge in [-0.25, -0.2) is 13.1 Å². The number of amides is 1. The van der Waals surface area contributed by atoms with Gasteiger partial charge < -0.3 is 5.32 Å². The lowest BCUT2D eigenvalue weighted by Crippen LogP contribution is -2.26. The lowest BCUT2D eigenvalue weighted by molar-refractivity contribution is -0.115. The Morgan fingerprint density at radius 3 is 2.45 bits per heavy atom. The monoisotopic (exact) mass is 338 g/mol. The van der Waals surface area contributed by atoms with Crippen LogP contribution in [0.15, 0.2) is 46.0 Å². The Morgan fingerprint density at radius 2 is 1.91 bits per heavy atom. The molecule has 2 aromatic rings. The van der Waals surface area contributed by atoms with Gasteiger partial charge in [0.15, 0.2) is 0 Å². The maximum absolute atomic E-state index is 12.2. The minimum absolute atomic E-state index is 0.0563. The van der Waals surface area contributed by atoms with E-state index in [9.17, 15) is 13.2 Å². The quantitative estimate of drug-likeness (QED) is 0.849. The molecule has 1 aromatic carbocycles. The summed E-state index contributed by atoms with van der Waals surface area (Å²) in [4.78, 5) is 11.3. The van der Waals surface area contributed by atoms with Gasteiger partial charge in [0.1, 0.15) is 4.21 Å². The van der Waals surface area contributed by atoms with Crippen molar-refractivity contribution in [2.24, 2.45) is 0 Å². The Balaban J connectivity index is 2.07. The molecule has 0 aliphatic carbocycles. The second-order valence-electron chi connectivity index (χ2n) is 4.80. The molecular weight excluding hydrogens is 320 g/mol. The van der Waals surface area contributed by atoms with Crippen LogP contribution in [0.2, 0.25) is 0 Å². The molecule has 1 aromatic heterocycles. The molecule has 0 radical (unpaired) electrons. The maximum Gasteiger partial charge on any atom is 0.250 e. The molecule has 7 heteroatoms. The smallest absolute Gasteiger partial charge is 0.250 e. The number of rotatable bonds is 6. The van der Waals surface area contributed by atoms with Gasteiger partial charge in [0, 0.05) is 18.2 Å². The van der Waals surface area contributed by atoms with E-state index in [1.54, 1.807) is 55.6 Å². The second-order valence-corrected chi connectivity index (χ2v) is 7.69. The van der Waals surface area contributed by atoms with E-state index >= 15 is 0 Å². The number of anilines is 1. The van der Waals surface area contributed by atoms with Crippen molar-refractivity contribution in [3.8, 4) is 0 Å². The van der Waals surface area contributed by atoms with E-state index in [4.69, 9.17) is 0 Å². The van der Waals surface area contributed by atoms with Crippen LogP contribution in [-0.2, 0) is 14.8 Å². The summed E-state index contributed by atoms with van der Waals surface area (Å²) in [6.45, 7) is 3.57. The highest BCUT2D eigenvalue weighted by atomic mass is 32.2. The maximum atomic E-state index is 12.2. The number of hydrogen-bond acceptors (Lipinski definition) is 4. The highest BCUT2D eigenvalue weighted by molar-refractivity contribution is 7.91. The fraction of sp³-hybridized carbons (Fsp3) is 0.267. The highest BCUT2D eigenvalue weighted by Gasteiger charge is 2.19. The topological polar surface area (TPSA) is 75.3 Å². The lowest BCUT2D eigenvalue weighted by Gasteiger charge is -2.14. The molecule has 5 nitrogen and oxygen atoms in total. The Hall–Kier alpha value is -1.70. The van der Waals surface area contributed by atoms with E-state index in [1.165, 1.54) is 11.3 Å². The van der Waals surface area contributed by atoms with Crippen molar-refractivity contribution in [1.29, 1.82) is 0 Å². The number of carbonyl (C=O) groups is 1. The van der Waals surface area contributed by atoms with Crippen LogP contribution in [0.3, 0.4) is 0 Å². The molecule has 0 saturated carbocycles. The van der Waals surface area contributed by atoms with Gasteiger partial charge in [-0.3, -0.25) is 4.79 Å². The zero-order valence-corrected chi connectivity index (χ0v) is 14.0. The van der Waals surface area contributed by atoms with Crippen LogP contribution in [0.5, 0.6) is 0 Å². The molecule has 2 rings (SSSR count). The van der Waals surface area contributed by atoms with Crippen LogP contribution in [-0.4, -0.2) is 14.3 Å². The van der Waals surface area contributed by atoms with E-state index < -0.39 is 10.0 Å². The molecule has 0 spiro atoms. The summed E-state index contributed by atoms with van der Waals surface area (Å²) < 4.78 is 27.3. The molecule has 0 aliphatic heterocycles. The van der Waals surface area contributed by atoms with E-state index in [0.29, 0.717) is 16.3 Å². The van der Waals surface area contributed by atoms with Gasteiger partial charge in [-0.15, -0.1) is 11.3 Å². The second kappa shape index (κ2) is 7.04. The average molecular weight is 338 g/mol. The van der Waals surface area contributed by atoms with Gasteiger partial charge in [0.25, 0.3) is 10.0 Å². The minimum atomic E-state index is -3.50. The van der Waals surface area contributed by atoms with E-state index in [-0.39, 0.29) is 11.9 Å². The van der Waals surface area contributed by atoms with E-state index in [0.717, 1.165) is 5.56 Å². The van der Waals surface area contributed by atoms with Gasteiger partial charge in [-0.05, 0) is 36.1 Å². The van der Waals surface area contributed by atoms with Crippen molar-refractivity contribution in [2.75, 3.05) is 5.32 Å². The van der Waals surface area contributed by atoms with Crippen molar-refractivity contribution in [2.45, 2.75) is 30.5 Å². The summed E-state index contributed by atoms with van der Waals surface area (Å²) in [5.41, 5.74) is 1.53. The molecule has 0 bridgehead atoms. The molecular formula is C15H18N2O3S2. The summed E-state index contributed by atoms with van der Waals surface area (Å²) in [5, 5.41) is 4.48. The van der Waals surface area contributed by atoms with Crippen molar-refractivity contribution in [3.05, 3.63) is 47.3 Å². The van der Waals surface area contributed by atoms with Gasteiger partial charge in [-0.1, -0.05) is 25.1 Å². The molecule has 0 aliphatic rings. The standard InChI is InChI=1S/C15H18N2O3S2/c1-3-14(18)16-13-8-6-12(7-9-13)11(2)17-22(19,20)15-5-4-10-21-15/h4-11,17H,3H2,1-2H3,(H,16,18)/t11-/m1/s1. The molecule has 0 fully saturated rings. The zero-order chi connectivity index (χ0) is 16.2. The Labute approximate surface area is 134 Å². The van der Waals surface area contributed by atoms with Crippen LogP contribution in [0.1, 0.15) is 31.9 Å². The van der Waals surface area contributed by atoms with Crippen molar-refractivity contribution in [3.63, 3.8) is 0 Å². The predicted octanol–water partition coefficient (Wildman–Crippen LogP) is 3.14. The molecule has 1 amide bonds. The zero-order valence-electron chi connectivity index (χ0n) is 12.4. The number of hydrogen-bond donors (Lipinski definition) is 2. The molecule has 2 N–H and O–H groups in total. The number of sulfonamides is 1. The Morgan fingerprint density at radius 1 is 1.23 bits per heavy atom. The molecule has 22 heavy (non-hydrogen) atoms. The first-order valence-electron chi connectivity index (χ1n) is 6.88. The lowest BCUT2D eigenvalue weighted by atomic mass is 10.1. The minimum Gasteiger partial charge on any atom is -0.326 e. The summed E-state index contributed by atoms with van der Waals surface area (Å²) in [7, 11) is -3.50. The van der Waals surface area contributed by atoms with Gasteiger partial charge in [0.05, 0.1) is 0 Å². The van der Waals surface area contributed by atoms with Gasteiger partial charge in [0.2, 0.25) is 5.91 Å². The first-order chi connectivity index (χ1) is 10.4. The van der Waals surface area contributed by atoms with E-state index in [1.807, 2.05) is 0 Å². The van der Waals surface area contributed by atoms with Crippen molar-refractivity contribution in [1.82, 2.24) is 4.72 Å².